The molecule has 2 aromatic rings. The van der Waals surface area contributed by atoms with Crippen molar-refractivity contribution in [1.29, 1.82) is 0 Å². The minimum Gasteiger partial charge on any atom is -0.490 e. The molecule has 0 amide bonds. The van der Waals surface area contributed by atoms with Crippen molar-refractivity contribution >= 4 is 17.3 Å². The Morgan fingerprint density at radius 3 is 2.95 bits per heavy atom. The topological polar surface area (TPSA) is 83.1 Å². The molecule has 0 saturated carbocycles. The second kappa shape index (κ2) is 5.66. The Kier molecular flexibility index (Phi) is 3.96. The number of aromatic nitrogens is 3. The number of methoxy groups -OCH3 is 1. The second-order valence-electron chi connectivity index (χ2n) is 3.71. The van der Waals surface area contributed by atoms with E-state index in [-0.39, 0.29) is 11.4 Å². The van der Waals surface area contributed by atoms with Crippen LogP contribution in [-0.2, 0) is 6.42 Å². The van der Waals surface area contributed by atoms with Crippen LogP contribution in [-0.4, -0.2) is 32.9 Å². The van der Waals surface area contributed by atoms with Gasteiger partial charge in [0.05, 0.1) is 29.6 Å². The normalized spacial score (nSPS) is 10.4. The lowest BCUT2D eigenvalue weighted by molar-refractivity contribution is -0.385. The van der Waals surface area contributed by atoms with Gasteiger partial charge in [0.25, 0.3) is 0 Å². The molecule has 1 aromatic carbocycles. The predicted molar refractivity (Wildman–Crippen MR) is 69.0 cm³/mol. The van der Waals surface area contributed by atoms with Crippen LogP contribution in [0.25, 0.3) is 5.69 Å². The summed E-state index contributed by atoms with van der Waals surface area (Å²) in [7, 11) is 1.38. The van der Waals surface area contributed by atoms with Gasteiger partial charge >= 0.3 is 5.69 Å². The van der Waals surface area contributed by atoms with Gasteiger partial charge in [-0.1, -0.05) is 5.21 Å². The van der Waals surface area contributed by atoms with Crippen molar-refractivity contribution in [2.24, 2.45) is 0 Å². The zero-order valence-electron chi connectivity index (χ0n) is 10.1. The predicted octanol–water partition coefficient (Wildman–Crippen LogP) is 1.97. The molecule has 0 bridgehead atoms. The van der Waals surface area contributed by atoms with Crippen molar-refractivity contribution in [2.45, 2.75) is 6.42 Å². The molecule has 1 heterocycles. The Balaban J connectivity index is 2.39. The maximum absolute atomic E-state index is 10.9. The molecule has 0 unspecified atom stereocenters. The Morgan fingerprint density at radius 1 is 1.53 bits per heavy atom. The largest absolute Gasteiger partial charge is 0.490 e. The lowest BCUT2D eigenvalue weighted by atomic mass is 10.2. The van der Waals surface area contributed by atoms with Gasteiger partial charge in [-0.3, -0.25) is 10.1 Å². The van der Waals surface area contributed by atoms with Gasteiger partial charge in [-0.15, -0.1) is 16.7 Å². The number of hydrogen-bond donors (Lipinski definition) is 0. The monoisotopic (exact) mass is 282 g/mol. The number of ether oxygens (including phenoxy) is 1. The van der Waals surface area contributed by atoms with E-state index in [1.807, 2.05) is 0 Å². The first-order valence-electron chi connectivity index (χ1n) is 5.45. The van der Waals surface area contributed by atoms with Crippen LogP contribution in [0.4, 0.5) is 5.69 Å². The van der Waals surface area contributed by atoms with Crippen LogP contribution in [0.1, 0.15) is 5.69 Å². The van der Waals surface area contributed by atoms with E-state index < -0.39 is 4.92 Å². The Hall–Kier alpha value is -2.15. The summed E-state index contributed by atoms with van der Waals surface area (Å²) in [6.45, 7) is 0. The molecule has 0 spiro atoms. The van der Waals surface area contributed by atoms with Gasteiger partial charge in [0.15, 0.2) is 5.75 Å². The molecule has 0 aliphatic heterocycles. The van der Waals surface area contributed by atoms with Gasteiger partial charge in [-0.25, -0.2) is 4.68 Å². The van der Waals surface area contributed by atoms with Crippen molar-refractivity contribution in [1.82, 2.24) is 15.0 Å². The first-order valence-corrected chi connectivity index (χ1v) is 5.99. The highest BCUT2D eigenvalue weighted by Crippen LogP contribution is 2.28. The molecular formula is C11H11ClN4O3. The summed E-state index contributed by atoms with van der Waals surface area (Å²) >= 11 is 5.61. The number of benzene rings is 1. The van der Waals surface area contributed by atoms with Crippen LogP contribution in [0.2, 0.25) is 0 Å². The molecular weight excluding hydrogens is 272 g/mol. The van der Waals surface area contributed by atoms with Crippen LogP contribution < -0.4 is 4.74 Å². The zero-order valence-corrected chi connectivity index (χ0v) is 10.9. The van der Waals surface area contributed by atoms with Crippen molar-refractivity contribution in [3.05, 3.63) is 40.2 Å². The van der Waals surface area contributed by atoms with E-state index >= 15 is 0 Å². The highest BCUT2D eigenvalue weighted by Gasteiger charge is 2.16. The van der Waals surface area contributed by atoms with Crippen molar-refractivity contribution < 1.29 is 9.66 Å². The third kappa shape index (κ3) is 2.82. The van der Waals surface area contributed by atoms with E-state index in [1.165, 1.54) is 23.9 Å². The number of halogens is 1. The maximum Gasteiger partial charge on any atom is 0.313 e. The smallest absolute Gasteiger partial charge is 0.313 e. The van der Waals surface area contributed by atoms with Gasteiger partial charge in [-0.2, -0.15) is 0 Å². The maximum atomic E-state index is 10.9. The van der Waals surface area contributed by atoms with E-state index in [4.69, 9.17) is 16.3 Å². The second-order valence-corrected chi connectivity index (χ2v) is 4.08. The fourth-order valence-corrected chi connectivity index (χ4v) is 1.79. The van der Waals surface area contributed by atoms with E-state index in [9.17, 15) is 10.1 Å². The zero-order chi connectivity index (χ0) is 13.8. The van der Waals surface area contributed by atoms with E-state index in [0.717, 1.165) is 5.69 Å². The molecule has 1 aromatic heterocycles. The van der Waals surface area contributed by atoms with E-state index in [2.05, 4.69) is 10.3 Å². The minimum atomic E-state index is -0.501. The summed E-state index contributed by atoms with van der Waals surface area (Å²) in [5, 5.41) is 18.8. The van der Waals surface area contributed by atoms with Crippen LogP contribution in [0, 0.1) is 10.1 Å². The van der Waals surface area contributed by atoms with Gasteiger partial charge in [0.2, 0.25) is 0 Å². The van der Waals surface area contributed by atoms with Crippen molar-refractivity contribution in [2.75, 3.05) is 13.0 Å². The number of nitrogens with zero attached hydrogens (tertiary/aromatic N) is 4. The molecule has 0 aliphatic carbocycles. The molecule has 0 saturated heterocycles. The van der Waals surface area contributed by atoms with Crippen molar-refractivity contribution in [3.63, 3.8) is 0 Å². The Morgan fingerprint density at radius 2 is 2.32 bits per heavy atom. The number of alkyl halides is 1. The first kappa shape index (κ1) is 13.3. The van der Waals surface area contributed by atoms with E-state index in [1.54, 1.807) is 12.3 Å². The van der Waals surface area contributed by atoms with Gasteiger partial charge in [0.1, 0.15) is 0 Å². The Labute approximate surface area is 113 Å². The summed E-state index contributed by atoms with van der Waals surface area (Å²) in [6, 6.07) is 4.58. The third-order valence-electron chi connectivity index (χ3n) is 2.52. The third-order valence-corrected chi connectivity index (χ3v) is 2.70. The van der Waals surface area contributed by atoms with Crippen molar-refractivity contribution in [3.8, 4) is 11.4 Å². The quantitative estimate of drug-likeness (QED) is 0.475. The molecule has 8 heteroatoms. The van der Waals surface area contributed by atoms with Gasteiger partial charge in [-0.05, 0) is 12.1 Å². The van der Waals surface area contributed by atoms with Gasteiger partial charge < -0.3 is 4.74 Å². The lowest BCUT2D eigenvalue weighted by Gasteiger charge is -2.04. The van der Waals surface area contributed by atoms with Gasteiger partial charge in [0, 0.05) is 18.4 Å². The summed E-state index contributed by atoms with van der Waals surface area (Å²) in [5.74, 6) is 0.649. The fraction of sp³-hybridized carbons (Fsp3) is 0.273. The molecule has 100 valence electrons. The molecule has 2 rings (SSSR count). The number of nitro groups is 1. The first-order chi connectivity index (χ1) is 9.15. The average Bonchev–Trinajstić information content (AvgIpc) is 2.87. The van der Waals surface area contributed by atoms with Crippen LogP contribution >= 0.6 is 11.6 Å². The fourth-order valence-electron chi connectivity index (χ4n) is 1.60. The van der Waals surface area contributed by atoms with Crippen LogP contribution in [0.15, 0.2) is 24.4 Å². The number of aryl methyl sites for hydroxylation is 1. The summed E-state index contributed by atoms with van der Waals surface area (Å²) in [5.41, 5.74) is 1.16. The molecule has 0 N–H and O–H groups in total. The number of hydrogen-bond acceptors (Lipinski definition) is 5. The van der Waals surface area contributed by atoms with Crippen LogP contribution in [0.5, 0.6) is 5.75 Å². The molecule has 0 radical (unpaired) electrons. The standard InChI is InChI=1S/C11H11ClN4O3/c1-19-11-3-2-9(6-10(11)16(17)18)15-7-8(4-5-12)13-14-15/h2-3,6-7H,4-5H2,1H3. The van der Waals surface area contributed by atoms with E-state index in [0.29, 0.717) is 18.0 Å². The highest BCUT2D eigenvalue weighted by molar-refractivity contribution is 6.17. The summed E-state index contributed by atoms with van der Waals surface area (Å²) < 4.78 is 6.40. The number of nitro benzene ring substituents is 1. The molecule has 0 atom stereocenters. The SMILES string of the molecule is COc1ccc(-n2cc(CCCl)nn2)cc1[N+](=O)[O-]. The number of rotatable bonds is 5. The molecule has 0 aliphatic rings. The molecule has 0 fully saturated rings. The summed E-state index contributed by atoms with van der Waals surface area (Å²) in [4.78, 5) is 10.4. The van der Waals surface area contributed by atoms with Crippen LogP contribution in [0.3, 0.4) is 0 Å². The highest BCUT2D eigenvalue weighted by atomic mass is 35.5. The minimum absolute atomic E-state index is 0.116. The molecule has 19 heavy (non-hydrogen) atoms. The summed E-state index contributed by atoms with van der Waals surface area (Å²) in [6.07, 6.45) is 2.29. The Bertz CT molecular complexity index is 599. The molecule has 7 nitrogen and oxygen atoms in total. The average molecular weight is 283 g/mol. The lowest BCUT2D eigenvalue weighted by Crippen LogP contribution is -1.99.